The third-order valence-electron chi connectivity index (χ3n) is 4.64. The van der Waals surface area contributed by atoms with Crippen molar-refractivity contribution in [2.45, 2.75) is 38.8 Å². The molecule has 2 N–H and O–H groups in total. The van der Waals surface area contributed by atoms with Crippen LogP contribution in [0.5, 0.6) is 0 Å². The first-order valence-electron chi connectivity index (χ1n) is 8.12. The zero-order valence-corrected chi connectivity index (χ0v) is 13.2. The van der Waals surface area contributed by atoms with Crippen molar-refractivity contribution in [1.29, 1.82) is 0 Å². The van der Waals surface area contributed by atoms with Crippen LogP contribution in [0.1, 0.15) is 25.8 Å². The highest BCUT2D eigenvalue weighted by Crippen LogP contribution is 2.29. The van der Waals surface area contributed by atoms with Gasteiger partial charge in [0.05, 0.1) is 12.7 Å². The van der Waals surface area contributed by atoms with Gasteiger partial charge in [-0.25, -0.2) is 0 Å². The summed E-state index contributed by atoms with van der Waals surface area (Å²) >= 11 is 0. The van der Waals surface area contributed by atoms with Crippen LogP contribution in [0.3, 0.4) is 0 Å². The Hall–Kier alpha value is -1.26. The second kappa shape index (κ2) is 6.24. The average Bonchev–Trinajstić information content (AvgIpc) is 2.47. The molecule has 0 saturated carbocycles. The Morgan fingerprint density at radius 2 is 2.19 bits per heavy atom. The van der Waals surface area contributed by atoms with E-state index in [-0.39, 0.29) is 0 Å². The minimum Gasteiger partial charge on any atom is -0.399 e. The van der Waals surface area contributed by atoms with Crippen LogP contribution in [0.2, 0.25) is 0 Å². The van der Waals surface area contributed by atoms with Crippen LogP contribution in [0.15, 0.2) is 18.2 Å². The van der Waals surface area contributed by atoms with E-state index in [1.54, 1.807) is 0 Å². The second-order valence-corrected chi connectivity index (χ2v) is 6.52. The predicted octanol–water partition coefficient (Wildman–Crippen LogP) is 2.13. The third kappa shape index (κ3) is 3.33. The van der Waals surface area contributed by atoms with E-state index in [1.807, 2.05) is 6.07 Å². The van der Waals surface area contributed by atoms with Gasteiger partial charge >= 0.3 is 0 Å². The van der Waals surface area contributed by atoms with Gasteiger partial charge in [0.2, 0.25) is 0 Å². The standard InChI is InChI=1S/C17H27N3O/c1-13(2)19-8-9-21-16(11-19)12-20-7-3-4-14-10-15(18)5-6-17(14)20/h5-6,10,13,16H,3-4,7-9,11-12,18H2,1-2H3. The number of hydrogen-bond acceptors (Lipinski definition) is 4. The number of nitrogens with two attached hydrogens (primary N) is 1. The molecule has 0 amide bonds. The highest BCUT2D eigenvalue weighted by atomic mass is 16.5. The highest BCUT2D eigenvalue weighted by Gasteiger charge is 2.26. The molecule has 21 heavy (non-hydrogen) atoms. The molecule has 2 aliphatic heterocycles. The van der Waals surface area contributed by atoms with E-state index < -0.39 is 0 Å². The lowest BCUT2D eigenvalue weighted by Gasteiger charge is -2.39. The van der Waals surface area contributed by atoms with E-state index >= 15 is 0 Å². The number of nitrogen functional groups attached to an aromatic ring is 1. The normalized spacial score (nSPS) is 23.4. The molecule has 4 nitrogen and oxygen atoms in total. The molecule has 116 valence electrons. The minimum absolute atomic E-state index is 0.310. The minimum atomic E-state index is 0.310. The monoisotopic (exact) mass is 289 g/mol. The Bertz CT molecular complexity index is 489. The van der Waals surface area contributed by atoms with Crippen molar-refractivity contribution in [3.8, 4) is 0 Å². The van der Waals surface area contributed by atoms with Crippen molar-refractivity contribution in [3.05, 3.63) is 23.8 Å². The van der Waals surface area contributed by atoms with Crippen LogP contribution in [-0.2, 0) is 11.2 Å². The number of morpholine rings is 1. The lowest BCUT2D eigenvalue weighted by atomic mass is 10.0. The van der Waals surface area contributed by atoms with Gasteiger partial charge in [0, 0.05) is 43.6 Å². The SMILES string of the molecule is CC(C)N1CCOC(CN2CCCc3cc(N)ccc32)C1. The second-order valence-electron chi connectivity index (χ2n) is 6.52. The van der Waals surface area contributed by atoms with Gasteiger partial charge in [0.15, 0.2) is 0 Å². The number of ether oxygens (including phenoxy) is 1. The molecule has 1 saturated heterocycles. The van der Waals surface area contributed by atoms with Crippen molar-refractivity contribution in [2.75, 3.05) is 43.4 Å². The molecule has 1 aromatic rings. The molecule has 1 aromatic carbocycles. The maximum absolute atomic E-state index is 5.99. The van der Waals surface area contributed by atoms with E-state index in [4.69, 9.17) is 10.5 Å². The molecule has 2 heterocycles. The molecule has 0 aromatic heterocycles. The number of benzene rings is 1. The quantitative estimate of drug-likeness (QED) is 0.866. The number of nitrogens with zero attached hydrogens (tertiary/aromatic N) is 2. The Kier molecular flexibility index (Phi) is 4.36. The van der Waals surface area contributed by atoms with Crippen LogP contribution in [0, 0.1) is 0 Å². The van der Waals surface area contributed by atoms with Gasteiger partial charge in [-0.05, 0) is 50.5 Å². The molecule has 2 aliphatic rings. The van der Waals surface area contributed by atoms with Crippen LogP contribution in [-0.4, -0.2) is 49.8 Å². The average molecular weight is 289 g/mol. The Morgan fingerprint density at radius 3 is 3.00 bits per heavy atom. The maximum atomic E-state index is 5.99. The molecule has 0 radical (unpaired) electrons. The van der Waals surface area contributed by atoms with Crippen LogP contribution >= 0.6 is 0 Å². The van der Waals surface area contributed by atoms with Gasteiger partial charge in [-0.1, -0.05) is 0 Å². The molecular formula is C17H27N3O. The number of hydrogen-bond donors (Lipinski definition) is 1. The Balaban J connectivity index is 1.69. The zero-order valence-electron chi connectivity index (χ0n) is 13.2. The van der Waals surface area contributed by atoms with Gasteiger partial charge < -0.3 is 15.4 Å². The van der Waals surface area contributed by atoms with Gasteiger partial charge in [-0.3, -0.25) is 4.90 Å². The van der Waals surface area contributed by atoms with Crippen molar-refractivity contribution in [3.63, 3.8) is 0 Å². The zero-order chi connectivity index (χ0) is 14.8. The topological polar surface area (TPSA) is 41.7 Å². The Morgan fingerprint density at radius 1 is 1.33 bits per heavy atom. The summed E-state index contributed by atoms with van der Waals surface area (Å²) in [6.45, 7) is 9.59. The summed E-state index contributed by atoms with van der Waals surface area (Å²) in [5.74, 6) is 0. The number of fused-ring (bicyclic) bond motifs is 1. The molecule has 1 unspecified atom stereocenters. The fourth-order valence-corrected chi connectivity index (χ4v) is 3.45. The molecule has 4 heteroatoms. The van der Waals surface area contributed by atoms with Gasteiger partial charge in [-0.2, -0.15) is 0 Å². The summed E-state index contributed by atoms with van der Waals surface area (Å²) in [5, 5.41) is 0. The van der Waals surface area contributed by atoms with Crippen molar-refractivity contribution >= 4 is 11.4 Å². The van der Waals surface area contributed by atoms with Gasteiger partial charge in [-0.15, -0.1) is 0 Å². The summed E-state index contributed by atoms with van der Waals surface area (Å²) in [6.07, 6.45) is 2.65. The summed E-state index contributed by atoms with van der Waals surface area (Å²) in [7, 11) is 0. The van der Waals surface area contributed by atoms with E-state index in [0.717, 1.165) is 44.9 Å². The third-order valence-corrected chi connectivity index (χ3v) is 4.64. The first-order valence-corrected chi connectivity index (χ1v) is 8.12. The number of rotatable bonds is 3. The molecule has 0 spiro atoms. The molecule has 0 aliphatic carbocycles. The van der Waals surface area contributed by atoms with E-state index in [2.05, 4.69) is 35.8 Å². The van der Waals surface area contributed by atoms with Crippen molar-refractivity contribution in [2.24, 2.45) is 0 Å². The first kappa shape index (κ1) is 14.7. The lowest BCUT2D eigenvalue weighted by Crippen LogP contribution is -2.50. The van der Waals surface area contributed by atoms with Crippen LogP contribution < -0.4 is 10.6 Å². The number of aryl methyl sites for hydroxylation is 1. The van der Waals surface area contributed by atoms with Crippen LogP contribution in [0.4, 0.5) is 11.4 Å². The number of anilines is 2. The predicted molar refractivity (Wildman–Crippen MR) is 87.8 cm³/mol. The fraction of sp³-hybridized carbons (Fsp3) is 0.647. The first-order chi connectivity index (χ1) is 10.1. The lowest BCUT2D eigenvalue weighted by molar-refractivity contribution is -0.0343. The van der Waals surface area contributed by atoms with Crippen molar-refractivity contribution in [1.82, 2.24) is 4.90 Å². The van der Waals surface area contributed by atoms with Crippen LogP contribution in [0.25, 0.3) is 0 Å². The van der Waals surface area contributed by atoms with Gasteiger partial charge in [0.1, 0.15) is 0 Å². The molecule has 1 atom stereocenters. The van der Waals surface area contributed by atoms with E-state index in [9.17, 15) is 0 Å². The van der Waals surface area contributed by atoms with E-state index in [1.165, 1.54) is 17.7 Å². The summed E-state index contributed by atoms with van der Waals surface area (Å²) in [6, 6.07) is 6.92. The summed E-state index contributed by atoms with van der Waals surface area (Å²) < 4.78 is 5.99. The largest absolute Gasteiger partial charge is 0.399 e. The maximum Gasteiger partial charge on any atom is 0.0877 e. The summed E-state index contributed by atoms with van der Waals surface area (Å²) in [5.41, 5.74) is 9.52. The van der Waals surface area contributed by atoms with Gasteiger partial charge in [0.25, 0.3) is 0 Å². The highest BCUT2D eigenvalue weighted by molar-refractivity contribution is 5.61. The molecular weight excluding hydrogens is 262 g/mol. The smallest absolute Gasteiger partial charge is 0.0877 e. The van der Waals surface area contributed by atoms with E-state index in [0.29, 0.717) is 12.1 Å². The summed E-state index contributed by atoms with van der Waals surface area (Å²) in [4.78, 5) is 4.99. The molecule has 3 rings (SSSR count). The molecule has 1 fully saturated rings. The molecule has 0 bridgehead atoms. The Labute approximate surface area is 127 Å². The fourth-order valence-electron chi connectivity index (χ4n) is 3.45. The van der Waals surface area contributed by atoms with Crippen molar-refractivity contribution < 1.29 is 4.74 Å².